The lowest BCUT2D eigenvalue weighted by Gasteiger charge is -2.20. The Hall–Kier alpha value is -3.62. The molecule has 0 radical (unpaired) electrons. The van der Waals surface area contributed by atoms with Crippen LogP contribution in [0.2, 0.25) is 0 Å². The van der Waals surface area contributed by atoms with Crippen molar-refractivity contribution in [1.82, 2.24) is 24.7 Å². The highest BCUT2D eigenvalue weighted by atomic mass is 16.1. The number of carbonyl (C=O) groups excluding carboxylic acids is 1. The molecule has 1 unspecified atom stereocenters. The Morgan fingerprint density at radius 2 is 1.86 bits per heavy atom. The smallest absolute Gasteiger partial charge is 0.281 e. The van der Waals surface area contributed by atoms with E-state index in [9.17, 15) is 4.79 Å². The summed E-state index contributed by atoms with van der Waals surface area (Å²) in [4.78, 5) is 29.0. The highest BCUT2D eigenvalue weighted by molar-refractivity contribution is 6.04. The molecule has 29 heavy (non-hydrogen) atoms. The van der Waals surface area contributed by atoms with E-state index in [1.165, 1.54) is 6.20 Å². The van der Waals surface area contributed by atoms with E-state index in [4.69, 9.17) is 11.5 Å². The van der Waals surface area contributed by atoms with Crippen molar-refractivity contribution in [2.24, 2.45) is 16.6 Å². The number of anilines is 1. The third-order valence-electron chi connectivity index (χ3n) is 4.53. The van der Waals surface area contributed by atoms with Gasteiger partial charge in [-0.15, -0.1) is 0 Å². The van der Waals surface area contributed by atoms with Crippen molar-refractivity contribution in [3.8, 4) is 11.3 Å². The lowest BCUT2D eigenvalue weighted by Crippen LogP contribution is -2.27. The van der Waals surface area contributed by atoms with Crippen molar-refractivity contribution in [1.29, 1.82) is 0 Å². The van der Waals surface area contributed by atoms with Gasteiger partial charge in [0.15, 0.2) is 0 Å². The normalized spacial score (nSPS) is 12.9. The SMILES string of the molecule is CCn1cc(C(=O)N=C(N)C(c2ccc(-c3cnc(N)nc3)nc2)C(C)C)cn1. The molecular formula is C20H24N8O. The van der Waals surface area contributed by atoms with Gasteiger partial charge in [-0.1, -0.05) is 19.9 Å². The second-order valence-corrected chi connectivity index (χ2v) is 6.95. The fraction of sp³-hybridized carbons (Fsp3) is 0.300. The summed E-state index contributed by atoms with van der Waals surface area (Å²) in [5, 5.41) is 4.10. The predicted molar refractivity (Wildman–Crippen MR) is 111 cm³/mol. The average molecular weight is 392 g/mol. The molecule has 9 nitrogen and oxygen atoms in total. The van der Waals surface area contributed by atoms with Gasteiger partial charge in [0.2, 0.25) is 5.95 Å². The number of hydrogen-bond acceptors (Lipinski definition) is 6. The molecule has 0 bridgehead atoms. The molecule has 3 rings (SSSR count). The fourth-order valence-corrected chi connectivity index (χ4v) is 3.03. The second kappa shape index (κ2) is 8.59. The Bertz CT molecular complexity index is 1010. The zero-order valence-corrected chi connectivity index (χ0v) is 16.6. The molecule has 4 N–H and O–H groups in total. The predicted octanol–water partition coefficient (Wildman–Crippen LogP) is 2.27. The summed E-state index contributed by atoms with van der Waals surface area (Å²) in [5.74, 6) is -0.0683. The number of rotatable bonds is 6. The van der Waals surface area contributed by atoms with Crippen LogP contribution in [0.15, 0.2) is 48.1 Å². The Morgan fingerprint density at radius 1 is 1.14 bits per heavy atom. The largest absolute Gasteiger partial charge is 0.387 e. The van der Waals surface area contributed by atoms with Crippen molar-refractivity contribution in [2.75, 3.05) is 5.73 Å². The van der Waals surface area contributed by atoms with Crippen LogP contribution >= 0.6 is 0 Å². The Morgan fingerprint density at radius 3 is 2.41 bits per heavy atom. The van der Waals surface area contributed by atoms with Gasteiger partial charge in [0.25, 0.3) is 5.91 Å². The van der Waals surface area contributed by atoms with Gasteiger partial charge >= 0.3 is 0 Å². The zero-order valence-electron chi connectivity index (χ0n) is 16.6. The van der Waals surface area contributed by atoms with Gasteiger partial charge in [0.05, 0.1) is 17.5 Å². The molecule has 0 aliphatic heterocycles. The number of nitrogens with two attached hydrogens (primary N) is 2. The third-order valence-corrected chi connectivity index (χ3v) is 4.53. The highest BCUT2D eigenvalue weighted by Crippen LogP contribution is 2.26. The standard InChI is InChI=1S/C20H24N8O/c1-4-28-11-15(10-26-28)19(29)27-18(21)17(12(2)3)13-5-6-16(23-7-13)14-8-24-20(22)25-9-14/h5-12,17H,4H2,1-3H3,(H2,21,27,29)(H2,22,24,25). The van der Waals surface area contributed by atoms with Crippen LogP contribution in [0, 0.1) is 5.92 Å². The van der Waals surface area contributed by atoms with Gasteiger partial charge in [0, 0.05) is 42.8 Å². The maximum atomic E-state index is 12.4. The molecular weight excluding hydrogens is 368 g/mol. The summed E-state index contributed by atoms with van der Waals surface area (Å²) in [7, 11) is 0. The van der Waals surface area contributed by atoms with Crippen LogP contribution in [0.4, 0.5) is 5.95 Å². The first kappa shape index (κ1) is 20.1. The molecule has 0 saturated heterocycles. The number of amides is 1. The number of aryl methyl sites for hydroxylation is 1. The molecule has 3 aromatic heterocycles. The van der Waals surface area contributed by atoms with E-state index < -0.39 is 5.91 Å². The van der Waals surface area contributed by atoms with Crippen molar-refractivity contribution >= 4 is 17.7 Å². The first-order chi connectivity index (χ1) is 13.9. The summed E-state index contributed by atoms with van der Waals surface area (Å²) in [6.45, 7) is 6.67. The van der Waals surface area contributed by atoms with E-state index in [1.54, 1.807) is 29.5 Å². The molecule has 0 aliphatic rings. The van der Waals surface area contributed by atoms with E-state index in [-0.39, 0.29) is 23.6 Å². The number of nitrogen functional groups attached to an aromatic ring is 1. The Labute approximate surface area is 168 Å². The molecule has 0 spiro atoms. The number of aliphatic imine (C=N–C) groups is 1. The number of hydrogen-bond donors (Lipinski definition) is 2. The van der Waals surface area contributed by atoms with Crippen LogP contribution in [0.1, 0.15) is 42.6 Å². The molecule has 3 aromatic rings. The van der Waals surface area contributed by atoms with Gasteiger partial charge in [-0.2, -0.15) is 10.1 Å². The van der Waals surface area contributed by atoms with Crippen LogP contribution in [-0.2, 0) is 6.54 Å². The minimum atomic E-state index is -0.406. The van der Waals surface area contributed by atoms with Crippen LogP contribution in [-0.4, -0.2) is 36.5 Å². The molecule has 3 heterocycles. The van der Waals surface area contributed by atoms with Crippen LogP contribution in [0.25, 0.3) is 11.3 Å². The van der Waals surface area contributed by atoms with Crippen LogP contribution < -0.4 is 11.5 Å². The monoisotopic (exact) mass is 392 g/mol. The molecule has 0 saturated carbocycles. The van der Waals surface area contributed by atoms with Gasteiger partial charge in [-0.3, -0.25) is 14.5 Å². The van der Waals surface area contributed by atoms with Crippen molar-refractivity contribution in [2.45, 2.75) is 33.2 Å². The third kappa shape index (κ3) is 4.63. The van der Waals surface area contributed by atoms with Crippen molar-refractivity contribution < 1.29 is 4.79 Å². The molecule has 0 aromatic carbocycles. The summed E-state index contributed by atoms with van der Waals surface area (Å²) in [5.41, 5.74) is 14.5. The Balaban J connectivity index is 1.84. The molecule has 0 fully saturated rings. The highest BCUT2D eigenvalue weighted by Gasteiger charge is 2.22. The number of pyridine rings is 1. The summed E-state index contributed by atoms with van der Waals surface area (Å²) in [6, 6.07) is 3.78. The average Bonchev–Trinajstić information content (AvgIpc) is 3.18. The minimum Gasteiger partial charge on any atom is -0.387 e. The zero-order chi connectivity index (χ0) is 21.0. The quantitative estimate of drug-likeness (QED) is 0.485. The molecule has 150 valence electrons. The number of amidine groups is 1. The Kier molecular flexibility index (Phi) is 5.96. The molecule has 9 heteroatoms. The molecule has 0 aliphatic carbocycles. The first-order valence-corrected chi connectivity index (χ1v) is 9.33. The number of nitrogens with zero attached hydrogens (tertiary/aromatic N) is 6. The summed E-state index contributed by atoms with van der Waals surface area (Å²) < 4.78 is 1.67. The summed E-state index contributed by atoms with van der Waals surface area (Å²) >= 11 is 0. The van der Waals surface area contributed by atoms with E-state index in [0.717, 1.165) is 16.8 Å². The van der Waals surface area contributed by atoms with Crippen molar-refractivity contribution in [3.05, 3.63) is 54.2 Å². The van der Waals surface area contributed by atoms with E-state index in [2.05, 4.69) is 25.0 Å². The topological polar surface area (TPSA) is 138 Å². The van der Waals surface area contributed by atoms with Crippen LogP contribution in [0.5, 0.6) is 0 Å². The van der Waals surface area contributed by atoms with Crippen LogP contribution in [0.3, 0.4) is 0 Å². The maximum Gasteiger partial charge on any atom is 0.281 e. The van der Waals surface area contributed by atoms with Gasteiger partial charge in [0.1, 0.15) is 5.84 Å². The molecule has 1 amide bonds. The minimum absolute atomic E-state index is 0.123. The lowest BCUT2D eigenvalue weighted by atomic mass is 9.88. The van der Waals surface area contributed by atoms with E-state index in [0.29, 0.717) is 12.1 Å². The van der Waals surface area contributed by atoms with E-state index >= 15 is 0 Å². The number of aromatic nitrogens is 5. The summed E-state index contributed by atoms with van der Waals surface area (Å²) in [6.07, 6.45) is 8.13. The van der Waals surface area contributed by atoms with Gasteiger partial charge in [-0.25, -0.2) is 9.97 Å². The lowest BCUT2D eigenvalue weighted by molar-refractivity contribution is 0.100. The fourth-order valence-electron chi connectivity index (χ4n) is 3.03. The first-order valence-electron chi connectivity index (χ1n) is 9.33. The van der Waals surface area contributed by atoms with Crippen molar-refractivity contribution in [3.63, 3.8) is 0 Å². The number of carbonyl (C=O) groups is 1. The molecule has 1 atom stereocenters. The second-order valence-electron chi connectivity index (χ2n) is 6.95. The van der Waals surface area contributed by atoms with Gasteiger partial charge in [-0.05, 0) is 24.5 Å². The van der Waals surface area contributed by atoms with E-state index in [1.807, 2.05) is 32.9 Å². The maximum absolute atomic E-state index is 12.4. The van der Waals surface area contributed by atoms with Gasteiger partial charge < -0.3 is 11.5 Å².